The minimum atomic E-state index is -0.953. The third kappa shape index (κ3) is 6.22. The smallest absolute Gasteiger partial charge is 0.355 e. The molecule has 1 heterocycles. The van der Waals surface area contributed by atoms with Crippen molar-refractivity contribution in [3.8, 4) is 22.3 Å². The number of benzene rings is 5. The predicted molar refractivity (Wildman–Crippen MR) is 184 cm³/mol. The molecule has 0 fully saturated rings. The molecule has 230 valence electrons. The molecule has 0 radical (unpaired) electrons. The van der Waals surface area contributed by atoms with E-state index in [9.17, 15) is 14.7 Å². The highest BCUT2D eigenvalue weighted by Crippen LogP contribution is 2.38. The highest BCUT2D eigenvalue weighted by Gasteiger charge is 2.26. The highest BCUT2D eigenvalue weighted by atomic mass is 16.5. The largest absolute Gasteiger partial charge is 0.478 e. The SMILES string of the molecule is Cc1ccc(-c2ccc(C(=O)O)cc2)cc1Cn1c(C(=O)OCc2ccccc2)c(-c2ccc(C(C)(C)C)cc2)c2ccccc21. The summed E-state index contributed by atoms with van der Waals surface area (Å²) in [6.07, 6.45) is 0. The van der Waals surface area contributed by atoms with Crippen molar-refractivity contribution in [1.82, 2.24) is 4.57 Å². The van der Waals surface area contributed by atoms with E-state index in [1.54, 1.807) is 12.1 Å². The molecule has 5 aromatic carbocycles. The molecule has 6 rings (SSSR count). The fourth-order valence-corrected chi connectivity index (χ4v) is 5.90. The molecule has 0 aliphatic heterocycles. The number of rotatable bonds is 8. The summed E-state index contributed by atoms with van der Waals surface area (Å²) in [4.78, 5) is 25.6. The summed E-state index contributed by atoms with van der Waals surface area (Å²) < 4.78 is 8.09. The van der Waals surface area contributed by atoms with Crippen LogP contribution in [0.15, 0.2) is 121 Å². The number of carboxylic acid groups (broad SMARTS) is 1. The first-order chi connectivity index (χ1) is 22.1. The van der Waals surface area contributed by atoms with E-state index in [4.69, 9.17) is 4.74 Å². The first-order valence-corrected chi connectivity index (χ1v) is 15.5. The maximum absolute atomic E-state index is 14.2. The Morgan fingerprint density at radius 2 is 1.37 bits per heavy atom. The number of carbonyl (C=O) groups excluding carboxylic acids is 1. The Bertz CT molecular complexity index is 2030. The lowest BCUT2D eigenvalue weighted by Gasteiger charge is -2.19. The molecular weight excluding hydrogens is 570 g/mol. The van der Waals surface area contributed by atoms with Gasteiger partial charge < -0.3 is 14.4 Å². The standard InChI is InChI=1S/C41H37NO4/c1-27-14-15-32(29-16-18-31(19-17-29)39(43)44)24-33(27)25-42-36-13-9-8-12-35(36)37(30-20-22-34(23-21-30)41(2,3)4)38(42)40(45)46-26-28-10-6-5-7-11-28/h5-24H,25-26H2,1-4H3,(H,43,44). The van der Waals surface area contributed by atoms with Gasteiger partial charge in [0.1, 0.15) is 12.3 Å². The van der Waals surface area contributed by atoms with Gasteiger partial charge in [0.15, 0.2) is 0 Å². The lowest BCUT2D eigenvalue weighted by Crippen LogP contribution is -2.15. The second kappa shape index (κ2) is 12.5. The number of carbonyl (C=O) groups is 2. The summed E-state index contributed by atoms with van der Waals surface area (Å²) >= 11 is 0. The second-order valence-electron chi connectivity index (χ2n) is 12.7. The fraction of sp³-hybridized carbons (Fsp3) is 0.171. The van der Waals surface area contributed by atoms with Crippen LogP contribution >= 0.6 is 0 Å². The van der Waals surface area contributed by atoms with Gasteiger partial charge in [-0.15, -0.1) is 0 Å². The van der Waals surface area contributed by atoms with Gasteiger partial charge in [-0.05, 0) is 75.5 Å². The van der Waals surface area contributed by atoms with E-state index < -0.39 is 5.97 Å². The molecule has 0 aliphatic carbocycles. The number of aromatic nitrogens is 1. The molecule has 0 aliphatic rings. The van der Waals surface area contributed by atoms with Gasteiger partial charge in [0.2, 0.25) is 0 Å². The van der Waals surface area contributed by atoms with Crippen molar-refractivity contribution in [3.63, 3.8) is 0 Å². The van der Waals surface area contributed by atoms with Crippen molar-refractivity contribution in [2.45, 2.75) is 46.3 Å². The minimum Gasteiger partial charge on any atom is -0.478 e. The molecule has 0 bridgehead atoms. The van der Waals surface area contributed by atoms with Crippen LogP contribution in [-0.2, 0) is 23.3 Å². The first-order valence-electron chi connectivity index (χ1n) is 15.5. The molecule has 6 aromatic rings. The quantitative estimate of drug-likeness (QED) is 0.175. The molecule has 0 atom stereocenters. The maximum Gasteiger partial charge on any atom is 0.355 e. The highest BCUT2D eigenvalue weighted by molar-refractivity contribution is 6.08. The van der Waals surface area contributed by atoms with Gasteiger partial charge in [-0.3, -0.25) is 0 Å². The summed E-state index contributed by atoms with van der Waals surface area (Å²) in [6, 6.07) is 39.5. The average molecular weight is 608 g/mol. The van der Waals surface area contributed by atoms with Gasteiger partial charge >= 0.3 is 11.9 Å². The number of para-hydroxylation sites is 1. The molecule has 0 saturated carbocycles. The van der Waals surface area contributed by atoms with Crippen molar-refractivity contribution in [2.24, 2.45) is 0 Å². The number of hydrogen-bond donors (Lipinski definition) is 1. The Hall–Kier alpha value is -5.42. The number of esters is 1. The van der Waals surface area contributed by atoms with E-state index in [1.807, 2.05) is 60.7 Å². The Morgan fingerprint density at radius 3 is 2.04 bits per heavy atom. The number of hydrogen-bond acceptors (Lipinski definition) is 3. The molecule has 0 saturated heterocycles. The van der Waals surface area contributed by atoms with Crippen LogP contribution in [0.3, 0.4) is 0 Å². The van der Waals surface area contributed by atoms with Crippen LogP contribution in [0.25, 0.3) is 33.2 Å². The van der Waals surface area contributed by atoms with Crippen LogP contribution in [0.2, 0.25) is 0 Å². The van der Waals surface area contributed by atoms with E-state index in [0.717, 1.165) is 49.8 Å². The summed E-state index contributed by atoms with van der Waals surface area (Å²) in [6.45, 7) is 9.26. The van der Waals surface area contributed by atoms with E-state index in [1.165, 1.54) is 5.56 Å². The molecule has 0 spiro atoms. The van der Waals surface area contributed by atoms with E-state index in [2.05, 4.69) is 80.8 Å². The first kappa shape index (κ1) is 30.6. The van der Waals surface area contributed by atoms with Crippen molar-refractivity contribution in [3.05, 3.63) is 155 Å². The van der Waals surface area contributed by atoms with Crippen molar-refractivity contribution >= 4 is 22.8 Å². The lowest BCUT2D eigenvalue weighted by atomic mass is 9.86. The molecule has 46 heavy (non-hydrogen) atoms. The van der Waals surface area contributed by atoms with Crippen LogP contribution in [0.4, 0.5) is 0 Å². The molecule has 5 heteroatoms. The molecule has 0 unspecified atom stereocenters. The zero-order valence-corrected chi connectivity index (χ0v) is 26.6. The lowest BCUT2D eigenvalue weighted by molar-refractivity contribution is 0.0461. The third-order valence-electron chi connectivity index (χ3n) is 8.56. The van der Waals surface area contributed by atoms with Crippen molar-refractivity contribution in [2.75, 3.05) is 0 Å². The Kier molecular flexibility index (Phi) is 8.33. The Balaban J connectivity index is 1.48. The topological polar surface area (TPSA) is 68.5 Å². The van der Waals surface area contributed by atoms with Gasteiger partial charge in [0, 0.05) is 23.0 Å². The van der Waals surface area contributed by atoms with Gasteiger partial charge in [-0.2, -0.15) is 0 Å². The monoisotopic (exact) mass is 607 g/mol. The molecule has 5 nitrogen and oxygen atoms in total. The number of aryl methyl sites for hydroxylation is 1. The maximum atomic E-state index is 14.2. The molecule has 0 amide bonds. The van der Waals surface area contributed by atoms with Crippen LogP contribution in [0.1, 0.15) is 63.9 Å². The number of aromatic carboxylic acids is 1. The Morgan fingerprint density at radius 1 is 0.739 bits per heavy atom. The summed E-state index contributed by atoms with van der Waals surface area (Å²) in [5.74, 6) is -1.33. The zero-order chi connectivity index (χ0) is 32.4. The summed E-state index contributed by atoms with van der Waals surface area (Å²) in [5, 5.41) is 10.3. The van der Waals surface area contributed by atoms with Gasteiger partial charge in [-0.1, -0.05) is 118 Å². The number of ether oxygens (including phenoxy) is 1. The van der Waals surface area contributed by atoms with E-state index in [-0.39, 0.29) is 23.6 Å². The normalized spacial score (nSPS) is 11.5. The zero-order valence-electron chi connectivity index (χ0n) is 26.6. The van der Waals surface area contributed by atoms with Crippen LogP contribution < -0.4 is 0 Å². The number of carboxylic acids is 1. The average Bonchev–Trinajstić information content (AvgIpc) is 3.38. The fourth-order valence-electron chi connectivity index (χ4n) is 5.90. The van der Waals surface area contributed by atoms with E-state index >= 15 is 0 Å². The van der Waals surface area contributed by atoms with Gasteiger partial charge in [0.25, 0.3) is 0 Å². The Labute approximate surface area is 269 Å². The third-order valence-corrected chi connectivity index (χ3v) is 8.56. The van der Waals surface area contributed by atoms with Gasteiger partial charge in [0.05, 0.1) is 5.56 Å². The van der Waals surface area contributed by atoms with Crippen molar-refractivity contribution in [1.29, 1.82) is 0 Å². The van der Waals surface area contributed by atoms with Crippen LogP contribution in [-0.4, -0.2) is 21.6 Å². The second-order valence-corrected chi connectivity index (χ2v) is 12.7. The molecule has 1 N–H and O–H groups in total. The number of nitrogens with zero attached hydrogens (tertiary/aromatic N) is 1. The van der Waals surface area contributed by atoms with Crippen molar-refractivity contribution < 1.29 is 19.4 Å². The minimum absolute atomic E-state index is 0.000459. The van der Waals surface area contributed by atoms with E-state index in [0.29, 0.717) is 12.2 Å². The summed E-state index contributed by atoms with van der Waals surface area (Å²) in [7, 11) is 0. The predicted octanol–water partition coefficient (Wildman–Crippen LogP) is 9.68. The van der Waals surface area contributed by atoms with Gasteiger partial charge in [-0.25, -0.2) is 9.59 Å². The molecule has 1 aromatic heterocycles. The summed E-state index contributed by atoms with van der Waals surface area (Å²) in [5.41, 5.74) is 9.68. The molecular formula is C41H37NO4. The van der Waals surface area contributed by atoms with Crippen LogP contribution in [0, 0.1) is 6.92 Å². The number of fused-ring (bicyclic) bond motifs is 1. The van der Waals surface area contributed by atoms with Crippen LogP contribution in [0.5, 0.6) is 0 Å².